The number of carboxylic acids is 1. The van der Waals surface area contributed by atoms with Gasteiger partial charge in [0.1, 0.15) is 5.82 Å². The van der Waals surface area contributed by atoms with E-state index in [0.29, 0.717) is 37.3 Å². The lowest BCUT2D eigenvalue weighted by Gasteiger charge is -2.33. The Kier molecular flexibility index (Phi) is 5.53. The van der Waals surface area contributed by atoms with Crippen molar-refractivity contribution in [1.82, 2.24) is 10.3 Å². The second kappa shape index (κ2) is 7.87. The van der Waals surface area contributed by atoms with Crippen molar-refractivity contribution >= 4 is 17.7 Å². The van der Waals surface area contributed by atoms with Crippen LogP contribution in [0.25, 0.3) is 0 Å². The summed E-state index contributed by atoms with van der Waals surface area (Å²) in [6, 6.07) is 7.95. The Morgan fingerprint density at radius 1 is 1.04 bits per heavy atom. The van der Waals surface area contributed by atoms with Gasteiger partial charge >= 0.3 is 12.1 Å². The number of nitrogens with zero attached hydrogens (tertiary/aromatic N) is 2. The number of amides is 1. The number of carbonyl (C=O) groups excluding carboxylic acids is 1. The van der Waals surface area contributed by atoms with Crippen molar-refractivity contribution in [2.75, 3.05) is 18.0 Å². The molecule has 0 aliphatic carbocycles. The number of piperidine rings is 1. The predicted octanol–water partition coefficient (Wildman–Crippen LogP) is 3.20. The summed E-state index contributed by atoms with van der Waals surface area (Å²) in [5.74, 6) is -0.874. The van der Waals surface area contributed by atoms with Gasteiger partial charge in [-0.25, -0.2) is 9.78 Å². The fourth-order valence-corrected chi connectivity index (χ4v) is 3.03. The predicted molar refractivity (Wildman–Crippen MR) is 95.3 cm³/mol. The molecular weight excluding hydrogens is 375 g/mol. The first-order valence-corrected chi connectivity index (χ1v) is 8.66. The number of halogens is 3. The first-order chi connectivity index (χ1) is 13.2. The average molecular weight is 393 g/mol. The minimum absolute atomic E-state index is 0.0719. The molecule has 9 heteroatoms. The highest BCUT2D eigenvalue weighted by molar-refractivity contribution is 5.96. The molecular formula is C19H18F3N3O3. The number of benzene rings is 1. The van der Waals surface area contributed by atoms with E-state index in [1.807, 2.05) is 4.90 Å². The van der Waals surface area contributed by atoms with Crippen LogP contribution in [0.4, 0.5) is 19.0 Å². The Bertz CT molecular complexity index is 843. The largest absolute Gasteiger partial charge is 0.478 e. The Morgan fingerprint density at radius 2 is 1.64 bits per heavy atom. The van der Waals surface area contributed by atoms with E-state index in [0.717, 1.165) is 12.3 Å². The van der Waals surface area contributed by atoms with Gasteiger partial charge in [0.15, 0.2) is 0 Å². The lowest BCUT2D eigenvalue weighted by atomic mass is 10.0. The summed E-state index contributed by atoms with van der Waals surface area (Å²) in [6.45, 7) is 1.11. The summed E-state index contributed by atoms with van der Waals surface area (Å²) in [5, 5.41) is 11.8. The van der Waals surface area contributed by atoms with E-state index in [4.69, 9.17) is 5.11 Å². The SMILES string of the molecule is O=C(O)c1ccc(C(=O)NC2CCN(c3ccc(C(F)(F)F)cn3)CC2)cc1. The van der Waals surface area contributed by atoms with Crippen molar-refractivity contribution in [1.29, 1.82) is 0 Å². The standard InChI is InChI=1S/C19H18F3N3O3/c20-19(21,22)14-5-6-16(23-11-14)25-9-7-15(8-10-25)24-17(26)12-1-3-13(4-2-12)18(27)28/h1-6,11,15H,7-10H2,(H,24,26)(H,27,28). The van der Waals surface area contributed by atoms with Gasteiger partial charge in [-0.15, -0.1) is 0 Å². The van der Waals surface area contributed by atoms with E-state index >= 15 is 0 Å². The van der Waals surface area contributed by atoms with E-state index in [-0.39, 0.29) is 17.5 Å². The molecule has 0 spiro atoms. The molecule has 148 valence electrons. The summed E-state index contributed by atoms with van der Waals surface area (Å²) < 4.78 is 37.8. The number of pyridine rings is 1. The highest BCUT2D eigenvalue weighted by atomic mass is 19.4. The topological polar surface area (TPSA) is 82.5 Å². The molecule has 3 rings (SSSR count). The zero-order chi connectivity index (χ0) is 20.3. The minimum Gasteiger partial charge on any atom is -0.478 e. The Morgan fingerprint density at radius 3 is 2.14 bits per heavy atom. The zero-order valence-electron chi connectivity index (χ0n) is 14.7. The summed E-state index contributed by atoms with van der Waals surface area (Å²) >= 11 is 0. The van der Waals surface area contributed by atoms with Crippen LogP contribution in [-0.4, -0.2) is 41.1 Å². The number of hydrogen-bond acceptors (Lipinski definition) is 4. The summed E-state index contributed by atoms with van der Waals surface area (Å²) in [6.07, 6.45) is -2.33. The van der Waals surface area contributed by atoms with Crippen molar-refractivity contribution in [3.63, 3.8) is 0 Å². The molecule has 0 radical (unpaired) electrons. The first kappa shape index (κ1) is 19.7. The molecule has 0 unspecified atom stereocenters. The van der Waals surface area contributed by atoms with Gasteiger partial charge in [-0.1, -0.05) is 0 Å². The van der Waals surface area contributed by atoms with E-state index in [1.54, 1.807) is 0 Å². The molecule has 1 aliphatic heterocycles. The summed E-state index contributed by atoms with van der Waals surface area (Å²) in [4.78, 5) is 28.9. The van der Waals surface area contributed by atoms with Crippen LogP contribution in [0, 0.1) is 0 Å². The van der Waals surface area contributed by atoms with Gasteiger partial charge in [-0.05, 0) is 49.2 Å². The van der Waals surface area contributed by atoms with Gasteiger partial charge in [0, 0.05) is 30.9 Å². The molecule has 1 aromatic carbocycles. The maximum absolute atomic E-state index is 12.6. The molecule has 1 fully saturated rings. The molecule has 1 amide bonds. The number of anilines is 1. The molecule has 0 bridgehead atoms. The minimum atomic E-state index is -4.41. The van der Waals surface area contributed by atoms with Gasteiger partial charge in [-0.3, -0.25) is 4.79 Å². The average Bonchev–Trinajstić information content (AvgIpc) is 2.68. The number of rotatable bonds is 4. The van der Waals surface area contributed by atoms with Crippen molar-refractivity contribution in [3.8, 4) is 0 Å². The second-order valence-corrected chi connectivity index (χ2v) is 6.52. The normalized spacial score (nSPS) is 15.3. The molecule has 2 N–H and O–H groups in total. The van der Waals surface area contributed by atoms with Crippen LogP contribution >= 0.6 is 0 Å². The Labute approximate surface area is 159 Å². The van der Waals surface area contributed by atoms with Gasteiger partial charge in [0.2, 0.25) is 0 Å². The molecule has 1 aromatic heterocycles. The quantitative estimate of drug-likeness (QED) is 0.834. The maximum atomic E-state index is 12.6. The van der Waals surface area contributed by atoms with Gasteiger partial charge < -0.3 is 15.3 Å². The van der Waals surface area contributed by atoms with Crippen LogP contribution in [0.1, 0.15) is 39.1 Å². The van der Waals surface area contributed by atoms with Crippen LogP contribution in [-0.2, 0) is 6.18 Å². The zero-order valence-corrected chi connectivity index (χ0v) is 14.7. The molecule has 0 saturated carbocycles. The van der Waals surface area contributed by atoms with Crippen LogP contribution in [0.15, 0.2) is 42.6 Å². The Balaban J connectivity index is 1.53. The lowest BCUT2D eigenvalue weighted by Crippen LogP contribution is -2.45. The van der Waals surface area contributed by atoms with E-state index in [1.165, 1.54) is 30.3 Å². The second-order valence-electron chi connectivity index (χ2n) is 6.52. The molecule has 2 heterocycles. The van der Waals surface area contributed by atoms with E-state index in [2.05, 4.69) is 10.3 Å². The number of aromatic carboxylic acids is 1. The number of nitrogens with one attached hydrogen (secondary N) is 1. The van der Waals surface area contributed by atoms with Crippen LogP contribution in [0.3, 0.4) is 0 Å². The smallest absolute Gasteiger partial charge is 0.417 e. The fraction of sp³-hybridized carbons (Fsp3) is 0.316. The van der Waals surface area contributed by atoms with Crippen LogP contribution < -0.4 is 10.2 Å². The van der Waals surface area contributed by atoms with Gasteiger partial charge in [-0.2, -0.15) is 13.2 Å². The molecule has 28 heavy (non-hydrogen) atoms. The third-order valence-corrected chi connectivity index (χ3v) is 4.62. The number of aromatic nitrogens is 1. The maximum Gasteiger partial charge on any atom is 0.417 e. The van der Waals surface area contributed by atoms with Gasteiger partial charge in [0.05, 0.1) is 11.1 Å². The highest BCUT2D eigenvalue weighted by Crippen LogP contribution is 2.29. The summed E-state index contributed by atoms with van der Waals surface area (Å²) in [7, 11) is 0. The molecule has 6 nitrogen and oxygen atoms in total. The molecule has 2 aromatic rings. The van der Waals surface area contributed by atoms with E-state index < -0.39 is 17.7 Å². The van der Waals surface area contributed by atoms with Crippen molar-refractivity contribution in [2.24, 2.45) is 0 Å². The lowest BCUT2D eigenvalue weighted by molar-refractivity contribution is -0.137. The van der Waals surface area contributed by atoms with Gasteiger partial charge in [0.25, 0.3) is 5.91 Å². The number of alkyl halides is 3. The van der Waals surface area contributed by atoms with E-state index in [9.17, 15) is 22.8 Å². The van der Waals surface area contributed by atoms with Crippen molar-refractivity contribution in [2.45, 2.75) is 25.1 Å². The highest BCUT2D eigenvalue weighted by Gasteiger charge is 2.31. The molecule has 1 saturated heterocycles. The fourth-order valence-electron chi connectivity index (χ4n) is 3.03. The van der Waals surface area contributed by atoms with Crippen molar-refractivity contribution < 1.29 is 27.9 Å². The van der Waals surface area contributed by atoms with Crippen molar-refractivity contribution in [3.05, 3.63) is 59.3 Å². The van der Waals surface area contributed by atoms with Crippen LogP contribution in [0.5, 0.6) is 0 Å². The molecule has 0 atom stereocenters. The summed E-state index contributed by atoms with van der Waals surface area (Å²) in [5.41, 5.74) is -0.307. The number of hydrogen-bond donors (Lipinski definition) is 2. The monoisotopic (exact) mass is 393 g/mol. The Hall–Kier alpha value is -3.10. The number of carboxylic acid groups (broad SMARTS) is 1. The molecule has 1 aliphatic rings. The third-order valence-electron chi connectivity index (χ3n) is 4.62. The third kappa shape index (κ3) is 4.59. The van der Waals surface area contributed by atoms with Crippen LogP contribution in [0.2, 0.25) is 0 Å². The number of carbonyl (C=O) groups is 2. The first-order valence-electron chi connectivity index (χ1n) is 8.66.